The van der Waals surface area contributed by atoms with E-state index in [2.05, 4.69) is 11.7 Å². The molecule has 0 saturated heterocycles. The van der Waals surface area contributed by atoms with Crippen molar-refractivity contribution >= 4 is 17.9 Å². The van der Waals surface area contributed by atoms with Crippen LogP contribution in [-0.4, -0.2) is 23.0 Å². The van der Waals surface area contributed by atoms with Gasteiger partial charge in [0, 0.05) is 0 Å². The van der Waals surface area contributed by atoms with Crippen LogP contribution >= 0.6 is 0 Å². The lowest BCUT2D eigenvalue weighted by Crippen LogP contribution is -2.06. The van der Waals surface area contributed by atoms with E-state index in [1.807, 2.05) is 0 Å². The largest absolute Gasteiger partial charge is 0.478 e. The molecule has 0 aliphatic carbocycles. The zero-order chi connectivity index (χ0) is 14.7. The topological polar surface area (TPSA) is 80.7 Å². The van der Waals surface area contributed by atoms with E-state index in [4.69, 9.17) is 0 Å². The number of hydrogen-bond donors (Lipinski definition) is 1. The molecule has 5 nitrogen and oxygen atoms in total. The number of carboxylic acids is 1. The third-order valence-electron chi connectivity index (χ3n) is 3.40. The fraction of sp³-hybridized carbons (Fsp3) is 0.400. The molecule has 0 amide bonds. The summed E-state index contributed by atoms with van der Waals surface area (Å²) >= 11 is 0. The molecule has 1 heterocycles. The molecule has 5 heteroatoms. The smallest absolute Gasteiger partial charge is 0.346 e. The molecule has 1 aromatic carbocycles. The predicted molar refractivity (Wildman–Crippen MR) is 71.0 cm³/mol. The van der Waals surface area contributed by atoms with Crippen LogP contribution in [0.15, 0.2) is 12.1 Å². The molecule has 0 unspecified atom stereocenters. The van der Waals surface area contributed by atoms with Crippen molar-refractivity contribution in [1.29, 1.82) is 0 Å². The molecule has 0 fully saturated rings. The second kappa shape index (κ2) is 5.86. The van der Waals surface area contributed by atoms with Crippen molar-refractivity contribution < 1.29 is 24.2 Å². The minimum absolute atomic E-state index is 0.0460. The van der Waals surface area contributed by atoms with Crippen LogP contribution in [-0.2, 0) is 11.2 Å². The second-order valence-corrected chi connectivity index (χ2v) is 4.85. The molecule has 2 rings (SSSR count). The molecule has 1 aromatic rings. The number of fused-ring (bicyclic) bond motifs is 1. The van der Waals surface area contributed by atoms with Crippen molar-refractivity contribution in [2.75, 3.05) is 0 Å². The molecule has 1 N–H and O–H groups in total. The van der Waals surface area contributed by atoms with E-state index in [-0.39, 0.29) is 16.7 Å². The van der Waals surface area contributed by atoms with Gasteiger partial charge in [-0.25, -0.2) is 14.4 Å². The second-order valence-electron chi connectivity index (χ2n) is 4.85. The van der Waals surface area contributed by atoms with Gasteiger partial charge in [-0.3, -0.25) is 0 Å². The van der Waals surface area contributed by atoms with E-state index in [0.717, 1.165) is 25.7 Å². The lowest BCUT2D eigenvalue weighted by atomic mass is 9.95. The maximum Gasteiger partial charge on any atom is 0.346 e. The summed E-state index contributed by atoms with van der Waals surface area (Å²) in [5.41, 5.74) is 0.876. The summed E-state index contributed by atoms with van der Waals surface area (Å²) < 4.78 is 4.49. The number of aromatic carboxylic acids is 1. The van der Waals surface area contributed by atoms with Gasteiger partial charge in [0.1, 0.15) is 0 Å². The van der Waals surface area contributed by atoms with Crippen molar-refractivity contribution in [3.8, 4) is 0 Å². The molecule has 1 aliphatic rings. The number of benzene rings is 1. The Bertz CT molecular complexity index is 574. The summed E-state index contributed by atoms with van der Waals surface area (Å²) in [6, 6.07) is 2.73. The Morgan fingerprint density at radius 1 is 1.10 bits per heavy atom. The van der Waals surface area contributed by atoms with Crippen LogP contribution < -0.4 is 0 Å². The Morgan fingerprint density at radius 3 is 2.35 bits per heavy atom. The van der Waals surface area contributed by atoms with E-state index in [1.54, 1.807) is 0 Å². The molecule has 1 aliphatic heterocycles. The quantitative estimate of drug-likeness (QED) is 0.491. The van der Waals surface area contributed by atoms with Crippen LogP contribution in [0.2, 0.25) is 0 Å². The summed E-state index contributed by atoms with van der Waals surface area (Å²) in [5.74, 6) is -2.56. The van der Waals surface area contributed by atoms with Gasteiger partial charge < -0.3 is 9.84 Å². The number of esters is 2. The van der Waals surface area contributed by atoms with Crippen LogP contribution in [0, 0.1) is 0 Å². The van der Waals surface area contributed by atoms with E-state index in [9.17, 15) is 19.5 Å². The number of ether oxygens (including phenoxy) is 1. The standard InChI is InChI=1S/C15H16O5/c1-2-3-4-5-6-9-7-11-12(8-10(9)13(16)17)15(19)20-14(11)18/h7-8H,2-6H2,1H3,(H,16,17). The van der Waals surface area contributed by atoms with Crippen LogP contribution in [0.4, 0.5) is 0 Å². The summed E-state index contributed by atoms with van der Waals surface area (Å²) in [4.78, 5) is 34.2. The van der Waals surface area contributed by atoms with E-state index in [1.165, 1.54) is 12.1 Å². The molecular formula is C15H16O5. The highest BCUT2D eigenvalue weighted by molar-refractivity contribution is 6.15. The number of unbranched alkanes of at least 4 members (excludes halogenated alkanes) is 3. The first-order valence-corrected chi connectivity index (χ1v) is 6.71. The third-order valence-corrected chi connectivity index (χ3v) is 3.40. The molecule has 0 saturated carbocycles. The average molecular weight is 276 g/mol. The lowest BCUT2D eigenvalue weighted by molar-refractivity contribution is 0.0443. The van der Waals surface area contributed by atoms with Crippen molar-refractivity contribution in [3.63, 3.8) is 0 Å². The van der Waals surface area contributed by atoms with E-state index < -0.39 is 17.9 Å². The highest BCUT2D eigenvalue weighted by atomic mass is 16.6. The monoisotopic (exact) mass is 276 g/mol. The summed E-state index contributed by atoms with van der Waals surface area (Å²) in [6.45, 7) is 2.10. The number of cyclic esters (lactones) is 2. The highest BCUT2D eigenvalue weighted by Crippen LogP contribution is 2.25. The van der Waals surface area contributed by atoms with Gasteiger partial charge >= 0.3 is 17.9 Å². The maximum atomic E-state index is 11.5. The van der Waals surface area contributed by atoms with Crippen molar-refractivity contribution in [3.05, 3.63) is 34.4 Å². The summed E-state index contributed by atoms with van der Waals surface area (Å²) in [7, 11) is 0. The molecule has 0 bridgehead atoms. The first kappa shape index (κ1) is 14.2. The molecular weight excluding hydrogens is 260 g/mol. The van der Waals surface area contributed by atoms with E-state index in [0.29, 0.717) is 12.0 Å². The fourth-order valence-corrected chi connectivity index (χ4v) is 2.32. The van der Waals surface area contributed by atoms with Gasteiger partial charge in [-0.1, -0.05) is 26.2 Å². The van der Waals surface area contributed by atoms with Crippen LogP contribution in [0.1, 0.15) is 69.2 Å². The molecule has 0 aromatic heterocycles. The maximum absolute atomic E-state index is 11.5. The number of hydrogen-bond acceptors (Lipinski definition) is 4. The first-order chi connectivity index (χ1) is 9.54. The Morgan fingerprint density at radius 2 is 1.75 bits per heavy atom. The highest BCUT2D eigenvalue weighted by Gasteiger charge is 2.31. The van der Waals surface area contributed by atoms with Crippen molar-refractivity contribution in [2.24, 2.45) is 0 Å². The SMILES string of the molecule is CCCCCCc1cc2c(cc1C(=O)O)C(=O)OC2=O. The fourth-order valence-electron chi connectivity index (χ4n) is 2.32. The van der Waals surface area contributed by atoms with Gasteiger partial charge in [0.05, 0.1) is 16.7 Å². The lowest BCUT2D eigenvalue weighted by Gasteiger charge is -2.07. The van der Waals surface area contributed by atoms with Gasteiger partial charge in [-0.15, -0.1) is 0 Å². The van der Waals surface area contributed by atoms with Crippen molar-refractivity contribution in [2.45, 2.75) is 39.0 Å². The first-order valence-electron chi connectivity index (χ1n) is 6.71. The number of carboxylic acid groups (broad SMARTS) is 1. The van der Waals surface area contributed by atoms with Crippen LogP contribution in [0.5, 0.6) is 0 Å². The Labute approximate surface area is 116 Å². The predicted octanol–water partition coefficient (Wildman–Crippen LogP) is 2.82. The molecule has 0 radical (unpaired) electrons. The Kier molecular flexibility index (Phi) is 4.17. The minimum atomic E-state index is -1.09. The van der Waals surface area contributed by atoms with Gasteiger partial charge in [-0.2, -0.15) is 0 Å². The molecule has 106 valence electrons. The average Bonchev–Trinajstić information content (AvgIpc) is 2.68. The normalized spacial score (nSPS) is 13.2. The molecule has 0 atom stereocenters. The van der Waals surface area contributed by atoms with Crippen LogP contribution in [0.3, 0.4) is 0 Å². The summed E-state index contributed by atoms with van der Waals surface area (Å²) in [6.07, 6.45) is 4.63. The Balaban J connectivity index is 2.30. The van der Waals surface area contributed by atoms with Gasteiger partial charge in [-0.05, 0) is 30.5 Å². The zero-order valence-corrected chi connectivity index (χ0v) is 11.3. The minimum Gasteiger partial charge on any atom is -0.478 e. The molecule has 20 heavy (non-hydrogen) atoms. The van der Waals surface area contributed by atoms with Crippen LogP contribution in [0.25, 0.3) is 0 Å². The number of rotatable bonds is 6. The summed E-state index contributed by atoms with van der Waals surface area (Å²) in [5, 5.41) is 9.21. The third kappa shape index (κ3) is 2.71. The van der Waals surface area contributed by atoms with E-state index >= 15 is 0 Å². The molecule has 0 spiro atoms. The number of carbonyl (C=O) groups is 3. The van der Waals surface area contributed by atoms with Gasteiger partial charge in [0.15, 0.2) is 0 Å². The number of carbonyl (C=O) groups excluding carboxylic acids is 2. The van der Waals surface area contributed by atoms with Crippen molar-refractivity contribution in [1.82, 2.24) is 0 Å². The Hall–Kier alpha value is -2.17. The van der Waals surface area contributed by atoms with Gasteiger partial charge in [0.2, 0.25) is 0 Å². The van der Waals surface area contributed by atoms with Gasteiger partial charge in [0.25, 0.3) is 0 Å². The number of aryl methyl sites for hydroxylation is 1. The zero-order valence-electron chi connectivity index (χ0n) is 11.3.